The van der Waals surface area contributed by atoms with Crippen molar-refractivity contribution < 1.29 is 0 Å². The van der Waals surface area contributed by atoms with Crippen LogP contribution in [0.15, 0.2) is 0 Å². The number of hydrogen-bond acceptors (Lipinski definition) is 3. The minimum atomic E-state index is -0.0938. The third-order valence-corrected chi connectivity index (χ3v) is 2.09. The molecule has 0 saturated carbocycles. The molecular weight excluding hydrogens is 188 g/mol. The second kappa shape index (κ2) is 4.01. The van der Waals surface area contributed by atoms with Gasteiger partial charge in [-0.05, 0) is 5.92 Å². The van der Waals surface area contributed by atoms with Crippen LogP contribution in [0.3, 0.4) is 0 Å². The number of aromatic nitrogens is 3. The highest BCUT2D eigenvalue weighted by Gasteiger charge is 2.25. The smallest absolute Gasteiger partial charge is 0.186 e. The molecule has 0 amide bonds. The summed E-state index contributed by atoms with van der Waals surface area (Å²) in [5, 5.41) is 16.9. The Kier molecular flexibility index (Phi) is 3.13. The van der Waals surface area contributed by atoms with Gasteiger partial charge in [-0.3, -0.25) is 0 Å². The summed E-state index contributed by atoms with van der Waals surface area (Å²) in [6, 6.07) is 2.10. The molecule has 0 fully saturated rings. The van der Waals surface area contributed by atoms with Crippen molar-refractivity contribution in [3.05, 3.63) is 11.4 Å². The maximum Gasteiger partial charge on any atom is 0.186 e. The predicted molar refractivity (Wildman–Crippen MR) is 58.3 cm³/mol. The van der Waals surface area contributed by atoms with Crippen molar-refractivity contribution in [3.8, 4) is 6.07 Å². The van der Waals surface area contributed by atoms with E-state index in [2.05, 4.69) is 51.0 Å². The van der Waals surface area contributed by atoms with Crippen LogP contribution in [0.4, 0.5) is 0 Å². The fourth-order valence-corrected chi connectivity index (χ4v) is 1.60. The van der Waals surface area contributed by atoms with Gasteiger partial charge in [0.1, 0.15) is 6.07 Å². The zero-order chi connectivity index (χ0) is 11.6. The molecule has 0 aliphatic heterocycles. The van der Waals surface area contributed by atoms with Crippen LogP contribution in [-0.2, 0) is 12.0 Å². The largest absolute Gasteiger partial charge is 0.247 e. The first kappa shape index (κ1) is 11.7. The lowest BCUT2D eigenvalue weighted by Crippen LogP contribution is -2.21. The van der Waals surface area contributed by atoms with Gasteiger partial charge in [0.15, 0.2) is 5.69 Å². The fourth-order valence-electron chi connectivity index (χ4n) is 1.60. The SMILES string of the molecule is CC(C)Cn1nnc(C#N)c1C(C)(C)C. The van der Waals surface area contributed by atoms with Gasteiger partial charge in [-0.2, -0.15) is 5.26 Å². The maximum absolute atomic E-state index is 8.96. The van der Waals surface area contributed by atoms with Gasteiger partial charge in [-0.25, -0.2) is 4.68 Å². The molecule has 0 aliphatic carbocycles. The van der Waals surface area contributed by atoms with Gasteiger partial charge in [0.05, 0.1) is 5.69 Å². The van der Waals surface area contributed by atoms with E-state index in [1.54, 1.807) is 0 Å². The first-order valence-electron chi connectivity index (χ1n) is 5.20. The highest BCUT2D eigenvalue weighted by atomic mass is 15.4. The second-order valence-corrected chi connectivity index (χ2v) is 5.22. The molecule has 0 aliphatic rings. The van der Waals surface area contributed by atoms with Gasteiger partial charge in [0.2, 0.25) is 0 Å². The highest BCUT2D eigenvalue weighted by Crippen LogP contribution is 2.24. The molecule has 0 aromatic carbocycles. The van der Waals surface area contributed by atoms with Crippen molar-refractivity contribution in [3.63, 3.8) is 0 Å². The van der Waals surface area contributed by atoms with Crippen molar-refractivity contribution in [2.75, 3.05) is 0 Å². The van der Waals surface area contributed by atoms with Crippen LogP contribution in [0, 0.1) is 17.2 Å². The van der Waals surface area contributed by atoms with Crippen molar-refractivity contribution in [2.45, 2.75) is 46.6 Å². The van der Waals surface area contributed by atoms with E-state index >= 15 is 0 Å². The highest BCUT2D eigenvalue weighted by molar-refractivity contribution is 5.29. The Morgan fingerprint density at radius 3 is 2.40 bits per heavy atom. The molecule has 0 radical (unpaired) electrons. The summed E-state index contributed by atoms with van der Waals surface area (Å²) in [7, 11) is 0. The molecule has 4 nitrogen and oxygen atoms in total. The molecule has 0 unspecified atom stereocenters. The molecule has 82 valence electrons. The quantitative estimate of drug-likeness (QED) is 0.744. The first-order valence-corrected chi connectivity index (χ1v) is 5.20. The molecule has 1 heterocycles. The topological polar surface area (TPSA) is 54.5 Å². The van der Waals surface area contributed by atoms with E-state index in [-0.39, 0.29) is 5.41 Å². The third-order valence-electron chi connectivity index (χ3n) is 2.09. The molecule has 1 rings (SSSR count). The van der Waals surface area contributed by atoms with E-state index < -0.39 is 0 Å². The van der Waals surface area contributed by atoms with Crippen molar-refractivity contribution in [1.29, 1.82) is 5.26 Å². The van der Waals surface area contributed by atoms with Gasteiger partial charge in [-0.1, -0.05) is 39.8 Å². The Hall–Kier alpha value is -1.37. The fraction of sp³-hybridized carbons (Fsp3) is 0.727. The summed E-state index contributed by atoms with van der Waals surface area (Å²) >= 11 is 0. The molecule has 1 aromatic rings. The van der Waals surface area contributed by atoms with Crippen LogP contribution < -0.4 is 0 Å². The van der Waals surface area contributed by atoms with Gasteiger partial charge in [0, 0.05) is 12.0 Å². The Labute approximate surface area is 90.9 Å². The molecule has 15 heavy (non-hydrogen) atoms. The average Bonchev–Trinajstić information content (AvgIpc) is 2.45. The normalized spacial score (nSPS) is 11.8. The first-order chi connectivity index (χ1) is 6.86. The zero-order valence-corrected chi connectivity index (χ0v) is 10.1. The van der Waals surface area contributed by atoms with Crippen LogP contribution in [-0.4, -0.2) is 15.0 Å². The lowest BCUT2D eigenvalue weighted by Gasteiger charge is -2.20. The molecule has 0 atom stereocenters. The van der Waals surface area contributed by atoms with Gasteiger partial charge in [-0.15, -0.1) is 5.10 Å². The van der Waals surface area contributed by atoms with Crippen molar-refractivity contribution in [1.82, 2.24) is 15.0 Å². The summed E-state index contributed by atoms with van der Waals surface area (Å²) < 4.78 is 1.85. The minimum Gasteiger partial charge on any atom is -0.247 e. The summed E-state index contributed by atoms with van der Waals surface area (Å²) in [4.78, 5) is 0. The van der Waals surface area contributed by atoms with Crippen LogP contribution in [0.2, 0.25) is 0 Å². The summed E-state index contributed by atoms with van der Waals surface area (Å²) in [5.74, 6) is 0.499. The van der Waals surface area contributed by atoms with E-state index in [1.165, 1.54) is 0 Å². The van der Waals surface area contributed by atoms with Crippen LogP contribution in [0.25, 0.3) is 0 Å². The van der Waals surface area contributed by atoms with Crippen LogP contribution in [0.1, 0.15) is 46.0 Å². The Bertz CT molecular complexity index is 376. The Morgan fingerprint density at radius 1 is 1.40 bits per heavy atom. The molecule has 0 N–H and O–H groups in total. The van der Waals surface area contributed by atoms with E-state index in [1.807, 2.05) is 4.68 Å². The van der Waals surface area contributed by atoms with E-state index in [0.29, 0.717) is 11.6 Å². The minimum absolute atomic E-state index is 0.0938. The average molecular weight is 206 g/mol. The van der Waals surface area contributed by atoms with E-state index in [0.717, 1.165) is 12.2 Å². The standard InChI is InChI=1S/C11H18N4/c1-8(2)7-15-10(11(3,4)5)9(6-12)13-14-15/h8H,7H2,1-5H3. The summed E-state index contributed by atoms with van der Waals surface area (Å²) in [6.45, 7) is 11.3. The third kappa shape index (κ3) is 2.56. The lowest BCUT2D eigenvalue weighted by molar-refractivity contribution is 0.422. The Morgan fingerprint density at radius 2 is 2.00 bits per heavy atom. The van der Waals surface area contributed by atoms with Crippen molar-refractivity contribution in [2.24, 2.45) is 5.92 Å². The lowest BCUT2D eigenvalue weighted by atomic mass is 9.90. The number of rotatable bonds is 2. The zero-order valence-electron chi connectivity index (χ0n) is 10.1. The second-order valence-electron chi connectivity index (χ2n) is 5.22. The van der Waals surface area contributed by atoms with Gasteiger partial charge < -0.3 is 0 Å². The monoisotopic (exact) mass is 206 g/mol. The number of nitriles is 1. The maximum atomic E-state index is 8.96. The van der Waals surface area contributed by atoms with E-state index in [4.69, 9.17) is 5.26 Å². The molecule has 0 bridgehead atoms. The number of nitrogens with zero attached hydrogens (tertiary/aromatic N) is 4. The molecule has 0 saturated heterocycles. The molecule has 0 spiro atoms. The van der Waals surface area contributed by atoms with E-state index in [9.17, 15) is 0 Å². The van der Waals surface area contributed by atoms with Crippen molar-refractivity contribution >= 4 is 0 Å². The molecule has 4 heteroatoms. The summed E-state index contributed by atoms with van der Waals surface area (Å²) in [5.41, 5.74) is 1.28. The van der Waals surface area contributed by atoms with Gasteiger partial charge >= 0.3 is 0 Å². The molecule has 1 aromatic heterocycles. The molecular formula is C11H18N4. The van der Waals surface area contributed by atoms with Crippen LogP contribution >= 0.6 is 0 Å². The van der Waals surface area contributed by atoms with Crippen LogP contribution in [0.5, 0.6) is 0 Å². The summed E-state index contributed by atoms with van der Waals surface area (Å²) in [6.07, 6.45) is 0. The number of hydrogen-bond donors (Lipinski definition) is 0. The predicted octanol–water partition coefficient (Wildman–Crippen LogP) is 2.10. The Balaban J connectivity index is 3.19. The van der Waals surface area contributed by atoms with Gasteiger partial charge in [0.25, 0.3) is 0 Å².